The fourth-order valence-electron chi connectivity index (χ4n) is 1.70. The number of rotatable bonds is 2. The number of aromatic nitrogens is 1. The van der Waals surface area contributed by atoms with Crippen LogP contribution >= 0.6 is 0 Å². The van der Waals surface area contributed by atoms with E-state index in [0.717, 1.165) is 0 Å². The van der Waals surface area contributed by atoms with Gasteiger partial charge in [-0.2, -0.15) is 0 Å². The van der Waals surface area contributed by atoms with Crippen LogP contribution in [-0.4, -0.2) is 22.8 Å². The first-order valence-electron chi connectivity index (χ1n) is 5.06. The molecule has 0 amide bonds. The second-order valence-electron chi connectivity index (χ2n) is 3.91. The smallest absolute Gasteiger partial charge is 0.358 e. The van der Waals surface area contributed by atoms with Crippen molar-refractivity contribution in [3.8, 4) is 0 Å². The van der Waals surface area contributed by atoms with Crippen molar-refractivity contribution in [1.82, 2.24) is 5.16 Å². The molecule has 0 aromatic carbocycles. The van der Waals surface area contributed by atoms with Crippen LogP contribution in [0.2, 0.25) is 0 Å². The summed E-state index contributed by atoms with van der Waals surface area (Å²) in [4.78, 5) is 10.8. The van der Waals surface area contributed by atoms with Crippen LogP contribution in [0.5, 0.6) is 0 Å². The summed E-state index contributed by atoms with van der Waals surface area (Å²) in [5.41, 5.74) is 1.68. The Morgan fingerprint density at radius 3 is 2.81 bits per heavy atom. The van der Waals surface area contributed by atoms with Gasteiger partial charge >= 0.3 is 5.97 Å². The molecular formula is C11H13NO4. The SMILES string of the molecule is CC1=CC[C@@H](c2onc(C(=O)O)c2C)OC1. The summed E-state index contributed by atoms with van der Waals surface area (Å²) >= 11 is 0. The van der Waals surface area contributed by atoms with Gasteiger partial charge in [-0.15, -0.1) is 0 Å². The molecule has 0 bridgehead atoms. The Kier molecular flexibility index (Phi) is 2.78. The Labute approximate surface area is 92.7 Å². The lowest BCUT2D eigenvalue weighted by atomic mass is 10.0. The van der Waals surface area contributed by atoms with Crippen LogP contribution in [0.1, 0.15) is 41.3 Å². The summed E-state index contributed by atoms with van der Waals surface area (Å²) in [7, 11) is 0. The molecule has 1 aromatic heterocycles. The summed E-state index contributed by atoms with van der Waals surface area (Å²) in [6, 6.07) is 0. The van der Waals surface area contributed by atoms with Gasteiger partial charge in [-0.3, -0.25) is 0 Å². The van der Waals surface area contributed by atoms with Crippen molar-refractivity contribution in [3.63, 3.8) is 0 Å². The Morgan fingerprint density at radius 1 is 1.56 bits per heavy atom. The lowest BCUT2D eigenvalue weighted by Gasteiger charge is -2.19. The molecule has 1 aliphatic rings. The highest BCUT2D eigenvalue weighted by molar-refractivity contribution is 5.87. The zero-order valence-corrected chi connectivity index (χ0v) is 9.19. The van der Waals surface area contributed by atoms with E-state index in [4.69, 9.17) is 14.4 Å². The van der Waals surface area contributed by atoms with E-state index < -0.39 is 5.97 Å². The van der Waals surface area contributed by atoms with Crippen LogP contribution in [0.25, 0.3) is 0 Å². The Balaban J connectivity index is 2.25. The predicted octanol–water partition coefficient (Wildman–Crippen LogP) is 2.09. The van der Waals surface area contributed by atoms with Gasteiger partial charge in [0.2, 0.25) is 0 Å². The van der Waals surface area contributed by atoms with Crippen molar-refractivity contribution >= 4 is 5.97 Å². The highest BCUT2D eigenvalue weighted by atomic mass is 16.5. The summed E-state index contributed by atoms with van der Waals surface area (Å²) in [6.45, 7) is 4.23. The third-order valence-corrected chi connectivity index (χ3v) is 2.65. The number of ether oxygens (including phenoxy) is 1. The fourth-order valence-corrected chi connectivity index (χ4v) is 1.70. The summed E-state index contributed by atoms with van der Waals surface area (Å²) in [5, 5.41) is 12.4. The molecule has 1 aromatic rings. The normalized spacial score (nSPS) is 20.6. The molecule has 86 valence electrons. The summed E-state index contributed by atoms with van der Waals surface area (Å²) in [5.74, 6) is -0.559. The molecule has 0 fully saturated rings. The van der Waals surface area contributed by atoms with E-state index in [9.17, 15) is 4.79 Å². The van der Waals surface area contributed by atoms with Crippen LogP contribution in [0.4, 0.5) is 0 Å². The minimum atomic E-state index is -1.07. The number of carboxylic acids is 1. The predicted molar refractivity (Wildman–Crippen MR) is 55.3 cm³/mol. The van der Waals surface area contributed by atoms with E-state index in [-0.39, 0.29) is 11.8 Å². The average Bonchev–Trinajstić information content (AvgIpc) is 2.61. The van der Waals surface area contributed by atoms with Crippen LogP contribution < -0.4 is 0 Å². The van der Waals surface area contributed by atoms with Gasteiger partial charge in [0.15, 0.2) is 11.5 Å². The maximum Gasteiger partial charge on any atom is 0.358 e. The number of carbonyl (C=O) groups is 1. The molecule has 0 saturated carbocycles. The van der Waals surface area contributed by atoms with Crippen LogP contribution in [0, 0.1) is 6.92 Å². The zero-order valence-electron chi connectivity index (χ0n) is 9.19. The second kappa shape index (κ2) is 4.09. The van der Waals surface area contributed by atoms with Crippen LogP contribution in [0.15, 0.2) is 16.2 Å². The van der Waals surface area contributed by atoms with Crippen molar-refractivity contribution in [3.05, 3.63) is 28.7 Å². The van der Waals surface area contributed by atoms with E-state index >= 15 is 0 Å². The van der Waals surface area contributed by atoms with Crippen molar-refractivity contribution in [2.75, 3.05) is 6.61 Å². The minimum absolute atomic E-state index is 0.0372. The summed E-state index contributed by atoms with van der Waals surface area (Å²) in [6.07, 6.45) is 2.54. The monoisotopic (exact) mass is 223 g/mol. The first-order chi connectivity index (χ1) is 7.59. The van der Waals surface area contributed by atoms with E-state index in [2.05, 4.69) is 11.2 Å². The molecule has 2 heterocycles. The van der Waals surface area contributed by atoms with Gasteiger partial charge in [-0.25, -0.2) is 4.79 Å². The van der Waals surface area contributed by atoms with Crippen molar-refractivity contribution in [2.24, 2.45) is 0 Å². The molecule has 0 spiro atoms. The van der Waals surface area contributed by atoms with Gasteiger partial charge in [-0.1, -0.05) is 16.8 Å². The number of nitrogens with zero attached hydrogens (tertiary/aromatic N) is 1. The molecule has 0 unspecified atom stereocenters. The average molecular weight is 223 g/mol. The molecule has 16 heavy (non-hydrogen) atoms. The highest BCUT2D eigenvalue weighted by Crippen LogP contribution is 2.30. The molecular weight excluding hydrogens is 210 g/mol. The van der Waals surface area contributed by atoms with E-state index in [1.807, 2.05) is 6.92 Å². The van der Waals surface area contributed by atoms with Crippen molar-refractivity contribution in [2.45, 2.75) is 26.4 Å². The number of aromatic carboxylic acids is 1. The van der Waals surface area contributed by atoms with E-state index in [1.165, 1.54) is 5.57 Å². The number of carboxylic acid groups (broad SMARTS) is 1. The lowest BCUT2D eigenvalue weighted by Crippen LogP contribution is -2.11. The molecule has 0 radical (unpaired) electrons. The quantitative estimate of drug-likeness (QED) is 0.777. The highest BCUT2D eigenvalue weighted by Gasteiger charge is 2.26. The largest absolute Gasteiger partial charge is 0.476 e. The maximum absolute atomic E-state index is 10.8. The van der Waals surface area contributed by atoms with Gasteiger partial charge < -0.3 is 14.4 Å². The minimum Gasteiger partial charge on any atom is -0.476 e. The first-order valence-corrected chi connectivity index (χ1v) is 5.06. The van der Waals surface area contributed by atoms with E-state index in [0.29, 0.717) is 24.4 Å². The zero-order chi connectivity index (χ0) is 11.7. The molecule has 1 aliphatic heterocycles. The van der Waals surface area contributed by atoms with Crippen LogP contribution in [-0.2, 0) is 4.74 Å². The topological polar surface area (TPSA) is 72.6 Å². The number of hydrogen-bond donors (Lipinski definition) is 1. The molecule has 5 heteroatoms. The van der Waals surface area contributed by atoms with E-state index in [1.54, 1.807) is 6.92 Å². The van der Waals surface area contributed by atoms with Gasteiger partial charge in [-0.05, 0) is 20.3 Å². The molecule has 2 rings (SSSR count). The second-order valence-corrected chi connectivity index (χ2v) is 3.91. The molecule has 5 nitrogen and oxygen atoms in total. The fraction of sp³-hybridized carbons (Fsp3) is 0.455. The lowest BCUT2D eigenvalue weighted by molar-refractivity contribution is 0.0408. The Morgan fingerprint density at radius 2 is 2.31 bits per heavy atom. The molecule has 1 N–H and O–H groups in total. The molecule has 0 saturated heterocycles. The summed E-state index contributed by atoms with van der Waals surface area (Å²) < 4.78 is 10.6. The standard InChI is InChI=1S/C11H13NO4/c1-6-3-4-8(15-5-6)10-7(2)9(11(13)14)12-16-10/h3,8H,4-5H2,1-2H3,(H,13,14)/t8-/m0/s1. The third kappa shape index (κ3) is 1.86. The maximum atomic E-state index is 10.8. The van der Waals surface area contributed by atoms with Gasteiger partial charge in [0.05, 0.1) is 6.61 Å². The molecule has 1 atom stereocenters. The molecule has 0 aliphatic carbocycles. The van der Waals surface area contributed by atoms with Gasteiger partial charge in [0.1, 0.15) is 6.10 Å². The third-order valence-electron chi connectivity index (χ3n) is 2.65. The Bertz CT molecular complexity index is 447. The van der Waals surface area contributed by atoms with Crippen molar-refractivity contribution < 1.29 is 19.2 Å². The number of hydrogen-bond acceptors (Lipinski definition) is 4. The van der Waals surface area contributed by atoms with Crippen LogP contribution in [0.3, 0.4) is 0 Å². The first kappa shape index (κ1) is 10.9. The van der Waals surface area contributed by atoms with Crippen molar-refractivity contribution in [1.29, 1.82) is 0 Å². The van der Waals surface area contributed by atoms with Gasteiger partial charge in [0, 0.05) is 5.56 Å². The van der Waals surface area contributed by atoms with Gasteiger partial charge in [0.25, 0.3) is 0 Å². The Hall–Kier alpha value is -1.62.